The van der Waals surface area contributed by atoms with Crippen molar-refractivity contribution in [1.29, 1.82) is 0 Å². The third-order valence-electron chi connectivity index (χ3n) is 8.30. The topological polar surface area (TPSA) is 118 Å². The highest BCUT2D eigenvalue weighted by Gasteiger charge is 2.29. The molecule has 4 aromatic rings. The van der Waals surface area contributed by atoms with Crippen LogP contribution < -0.4 is 10.6 Å². The Bertz CT molecular complexity index is 1810. The van der Waals surface area contributed by atoms with Crippen LogP contribution in [0.3, 0.4) is 0 Å². The van der Waals surface area contributed by atoms with Gasteiger partial charge in [0.15, 0.2) is 0 Å². The molecule has 0 spiro atoms. The van der Waals surface area contributed by atoms with Gasteiger partial charge in [-0.1, -0.05) is 37.2 Å². The quantitative estimate of drug-likeness (QED) is 0.245. The fourth-order valence-corrected chi connectivity index (χ4v) is 5.98. The average molecular weight is 592 g/mol. The number of benzene rings is 1. The summed E-state index contributed by atoms with van der Waals surface area (Å²) in [5, 5.41) is 11.7. The van der Waals surface area contributed by atoms with Gasteiger partial charge in [0.05, 0.1) is 29.6 Å². The van der Waals surface area contributed by atoms with Gasteiger partial charge < -0.3 is 24.8 Å². The second-order valence-electron chi connectivity index (χ2n) is 10.9. The van der Waals surface area contributed by atoms with Gasteiger partial charge in [-0.15, -0.1) is 0 Å². The lowest BCUT2D eigenvalue weighted by Crippen LogP contribution is -2.35. The first-order chi connectivity index (χ1) is 21.4. The summed E-state index contributed by atoms with van der Waals surface area (Å²) in [6.45, 7) is 11.1. The first-order valence-electron chi connectivity index (χ1n) is 15.1. The number of fused-ring (bicyclic) bond motifs is 6. The number of nitrogens with zero attached hydrogens (tertiary/aromatic N) is 5. The van der Waals surface area contributed by atoms with Gasteiger partial charge in [0.1, 0.15) is 17.3 Å². The van der Waals surface area contributed by atoms with Crippen molar-refractivity contribution in [3.05, 3.63) is 88.5 Å². The molecule has 2 bridgehead atoms. The molecule has 1 aromatic carbocycles. The number of nitrogens with one attached hydrogen (secondary N) is 2. The number of likely N-dealkylation sites (N-methyl/N-ethyl adjacent to an activating group) is 1. The molecule has 10 nitrogen and oxygen atoms in total. The Hall–Kier alpha value is -4.83. The molecule has 1 aliphatic carbocycles. The van der Waals surface area contributed by atoms with Crippen LogP contribution in [0.2, 0.25) is 0 Å². The number of amides is 1. The van der Waals surface area contributed by atoms with E-state index in [0.717, 1.165) is 82.6 Å². The minimum atomic E-state index is -0.316. The number of para-hydroxylation sites is 1. The number of methoxy groups -OCH3 is 1. The van der Waals surface area contributed by atoms with Crippen LogP contribution >= 0.6 is 0 Å². The lowest BCUT2D eigenvalue weighted by atomic mass is 9.92. The molecule has 6 rings (SSSR count). The van der Waals surface area contributed by atoms with E-state index >= 15 is 0 Å². The number of aryl methyl sites for hydroxylation is 2. The van der Waals surface area contributed by atoms with E-state index in [-0.39, 0.29) is 11.7 Å². The molecule has 2 aliphatic rings. The van der Waals surface area contributed by atoms with Gasteiger partial charge in [-0.3, -0.25) is 9.78 Å². The van der Waals surface area contributed by atoms with Crippen molar-refractivity contribution in [1.82, 2.24) is 30.3 Å². The molecular formula is C34H37N7O3. The minimum Gasteiger partial charge on any atom is -0.496 e. The maximum Gasteiger partial charge on any atom is 0.289 e. The number of carbonyl (C=O) groups excluding carboxylic acids is 1. The van der Waals surface area contributed by atoms with Crippen LogP contribution in [0.15, 0.2) is 64.7 Å². The highest BCUT2D eigenvalue weighted by molar-refractivity contribution is 6.01. The zero-order valence-electron chi connectivity index (χ0n) is 25.8. The summed E-state index contributed by atoms with van der Waals surface area (Å²) < 4.78 is 11.5. The number of rotatable bonds is 9. The molecule has 0 unspecified atom stereocenters. The minimum absolute atomic E-state index is 0.109. The van der Waals surface area contributed by atoms with Gasteiger partial charge >= 0.3 is 0 Å². The standard InChI is InChI=1S/C34H37N7O3/c1-6-41(7-2)17-16-36-34(42)33-38-31(25-14-15-35-27-11-9-8-10-24(25)27)30-22-12-13-23(37-32(30)39-33)19-26(28(18-22)43-5)29-20(3)40-44-21(29)4/h8-11,14-15,18-19H,6-7,12-13,16-17H2,1-5H3,(H,36,42)(H,37,38,39). The van der Waals surface area contributed by atoms with Crippen LogP contribution in [0.5, 0.6) is 0 Å². The third-order valence-corrected chi connectivity index (χ3v) is 8.30. The summed E-state index contributed by atoms with van der Waals surface area (Å²) in [6.07, 6.45) is 7.36. The van der Waals surface area contributed by atoms with Crippen molar-refractivity contribution >= 4 is 33.8 Å². The molecule has 3 aromatic heterocycles. The summed E-state index contributed by atoms with van der Waals surface area (Å²) in [7, 11) is 1.67. The molecule has 4 heterocycles. The molecule has 0 atom stereocenters. The number of carbonyl (C=O) groups is 1. The number of ether oxygens (including phenoxy) is 1. The molecule has 1 amide bonds. The fraction of sp³-hybridized carbons (Fsp3) is 0.324. The van der Waals surface area contributed by atoms with Crippen LogP contribution in [0, 0.1) is 13.8 Å². The van der Waals surface area contributed by atoms with E-state index in [1.54, 1.807) is 13.3 Å². The summed E-state index contributed by atoms with van der Waals surface area (Å²) in [6, 6.07) is 9.91. The van der Waals surface area contributed by atoms with E-state index in [4.69, 9.17) is 19.2 Å². The first-order valence-corrected chi connectivity index (χ1v) is 15.1. The number of hydrogen-bond donors (Lipinski definition) is 2. The maximum absolute atomic E-state index is 13.5. The molecule has 1 aliphatic heterocycles. The van der Waals surface area contributed by atoms with Crippen LogP contribution in [0.1, 0.15) is 59.9 Å². The van der Waals surface area contributed by atoms with Gasteiger partial charge in [0.2, 0.25) is 5.82 Å². The van der Waals surface area contributed by atoms with E-state index in [1.807, 2.05) is 44.2 Å². The van der Waals surface area contributed by atoms with Crippen molar-refractivity contribution < 1.29 is 14.1 Å². The Morgan fingerprint density at radius 3 is 2.64 bits per heavy atom. The van der Waals surface area contributed by atoms with Crippen molar-refractivity contribution in [3.63, 3.8) is 0 Å². The van der Waals surface area contributed by atoms with Crippen molar-refractivity contribution in [2.45, 2.75) is 40.5 Å². The summed E-state index contributed by atoms with van der Waals surface area (Å²) in [5.41, 5.74) is 7.70. The lowest BCUT2D eigenvalue weighted by molar-refractivity contribution is 0.0938. The molecule has 226 valence electrons. The van der Waals surface area contributed by atoms with Crippen LogP contribution in [0.25, 0.3) is 33.3 Å². The van der Waals surface area contributed by atoms with Crippen LogP contribution in [-0.2, 0) is 4.74 Å². The van der Waals surface area contributed by atoms with Gasteiger partial charge in [-0.2, -0.15) is 0 Å². The van der Waals surface area contributed by atoms with E-state index in [0.29, 0.717) is 29.6 Å². The molecule has 44 heavy (non-hydrogen) atoms. The monoisotopic (exact) mass is 591 g/mol. The zero-order chi connectivity index (χ0) is 30.8. The number of aromatic nitrogens is 4. The Balaban J connectivity index is 1.54. The van der Waals surface area contributed by atoms with E-state index in [9.17, 15) is 4.79 Å². The number of pyridine rings is 1. The van der Waals surface area contributed by atoms with E-state index in [1.165, 1.54) is 0 Å². The highest BCUT2D eigenvalue weighted by atomic mass is 16.5. The summed E-state index contributed by atoms with van der Waals surface area (Å²) in [4.78, 5) is 30.2. The molecule has 0 radical (unpaired) electrons. The smallest absolute Gasteiger partial charge is 0.289 e. The van der Waals surface area contributed by atoms with Gasteiger partial charge in [-0.25, -0.2) is 9.97 Å². The van der Waals surface area contributed by atoms with Crippen molar-refractivity contribution in [2.24, 2.45) is 0 Å². The molecule has 0 saturated heterocycles. The Labute approximate surface area is 256 Å². The number of allylic oxidation sites excluding steroid dienone is 5. The van der Waals surface area contributed by atoms with Crippen LogP contribution in [0.4, 0.5) is 5.82 Å². The molecule has 10 heteroatoms. The Morgan fingerprint density at radius 2 is 1.89 bits per heavy atom. The van der Waals surface area contributed by atoms with Gasteiger partial charge in [-0.05, 0) is 69.6 Å². The first kappa shape index (κ1) is 29.3. The van der Waals surface area contributed by atoms with E-state index < -0.39 is 0 Å². The molecular weight excluding hydrogens is 554 g/mol. The maximum atomic E-state index is 13.5. The number of anilines is 1. The van der Waals surface area contributed by atoms with Gasteiger partial charge in [0.25, 0.3) is 5.91 Å². The van der Waals surface area contributed by atoms with Gasteiger partial charge in [0, 0.05) is 47.1 Å². The predicted molar refractivity (Wildman–Crippen MR) is 172 cm³/mol. The SMILES string of the molecule is CCN(CC)CCNC(=O)c1nc2c(c(-c3ccnc4ccccc34)n1)C1=CC(OC)=C(c3c(C)noc3C)C=C(CC1)N2. The van der Waals surface area contributed by atoms with Crippen LogP contribution in [-0.4, -0.2) is 64.2 Å². The summed E-state index contributed by atoms with van der Waals surface area (Å²) in [5.74, 6) is 1.77. The predicted octanol–water partition coefficient (Wildman–Crippen LogP) is 5.91. The highest BCUT2D eigenvalue weighted by Crippen LogP contribution is 2.43. The lowest BCUT2D eigenvalue weighted by Gasteiger charge is -2.19. The average Bonchev–Trinajstić information content (AvgIpc) is 3.29. The Kier molecular flexibility index (Phi) is 8.25. The van der Waals surface area contributed by atoms with Crippen molar-refractivity contribution in [3.8, 4) is 11.3 Å². The Morgan fingerprint density at radius 1 is 1.07 bits per heavy atom. The molecule has 0 saturated carbocycles. The molecule has 2 N–H and O–H groups in total. The number of hydrogen-bond acceptors (Lipinski definition) is 9. The normalized spacial score (nSPS) is 14.4. The fourth-order valence-electron chi connectivity index (χ4n) is 5.98. The van der Waals surface area contributed by atoms with Crippen molar-refractivity contribution in [2.75, 3.05) is 38.6 Å². The summed E-state index contributed by atoms with van der Waals surface area (Å²) >= 11 is 0. The third kappa shape index (κ3) is 5.48. The zero-order valence-corrected chi connectivity index (χ0v) is 25.8. The molecule has 0 fully saturated rings. The largest absolute Gasteiger partial charge is 0.496 e. The second kappa shape index (κ2) is 12.4. The van der Waals surface area contributed by atoms with E-state index in [2.05, 4.69) is 51.7 Å². The second-order valence-corrected chi connectivity index (χ2v) is 10.9.